The fourth-order valence-electron chi connectivity index (χ4n) is 2.81. The zero-order valence-corrected chi connectivity index (χ0v) is 12.5. The molecule has 1 aliphatic rings. The maximum atomic E-state index is 12.9. The van der Waals surface area contributed by atoms with Crippen molar-refractivity contribution in [2.45, 2.75) is 19.4 Å². The molecule has 0 aliphatic carbocycles. The lowest BCUT2D eigenvalue weighted by molar-refractivity contribution is 0.0810. The van der Waals surface area contributed by atoms with E-state index in [4.69, 9.17) is 0 Å². The SMILES string of the molecule is O=C(c1ccc(F)cc1)C1CCCN(Cc2cscn2)C1. The van der Waals surface area contributed by atoms with E-state index in [1.165, 1.54) is 12.1 Å². The molecule has 0 saturated carbocycles. The second-order valence-electron chi connectivity index (χ2n) is 5.43. The van der Waals surface area contributed by atoms with Crippen LogP contribution in [-0.2, 0) is 6.54 Å². The van der Waals surface area contributed by atoms with Crippen molar-refractivity contribution >= 4 is 17.1 Å². The predicted octanol–water partition coefficient (Wildman–Crippen LogP) is 3.38. The summed E-state index contributed by atoms with van der Waals surface area (Å²) in [6, 6.07) is 5.86. The Bertz CT molecular complexity index is 597. The molecule has 1 fully saturated rings. The first-order chi connectivity index (χ1) is 10.2. The molecular weight excluding hydrogens is 287 g/mol. The third-order valence-corrected chi connectivity index (χ3v) is 4.51. The van der Waals surface area contributed by atoms with E-state index in [1.807, 2.05) is 10.9 Å². The number of thiazole rings is 1. The number of carbonyl (C=O) groups is 1. The highest BCUT2D eigenvalue weighted by Gasteiger charge is 2.26. The van der Waals surface area contributed by atoms with E-state index in [0.29, 0.717) is 5.56 Å². The van der Waals surface area contributed by atoms with Gasteiger partial charge in [0.05, 0.1) is 11.2 Å². The van der Waals surface area contributed by atoms with Crippen LogP contribution in [0.3, 0.4) is 0 Å². The van der Waals surface area contributed by atoms with Gasteiger partial charge in [0.1, 0.15) is 5.82 Å². The van der Waals surface area contributed by atoms with Crippen LogP contribution in [0.5, 0.6) is 0 Å². The monoisotopic (exact) mass is 304 g/mol. The number of benzene rings is 1. The molecule has 3 nitrogen and oxygen atoms in total. The van der Waals surface area contributed by atoms with Gasteiger partial charge in [-0.3, -0.25) is 9.69 Å². The predicted molar refractivity (Wildman–Crippen MR) is 80.8 cm³/mol. The highest BCUT2D eigenvalue weighted by Crippen LogP contribution is 2.22. The average molecular weight is 304 g/mol. The number of likely N-dealkylation sites (tertiary alicyclic amines) is 1. The van der Waals surface area contributed by atoms with Crippen LogP contribution < -0.4 is 0 Å². The summed E-state index contributed by atoms with van der Waals surface area (Å²) in [5.74, 6) is -0.179. The molecule has 0 spiro atoms. The summed E-state index contributed by atoms with van der Waals surface area (Å²) in [5, 5.41) is 2.05. The Morgan fingerprint density at radius 1 is 1.38 bits per heavy atom. The van der Waals surface area contributed by atoms with Crippen molar-refractivity contribution in [2.24, 2.45) is 5.92 Å². The minimum Gasteiger partial charge on any atom is -0.297 e. The van der Waals surface area contributed by atoms with Crippen LogP contribution >= 0.6 is 11.3 Å². The molecule has 3 rings (SSSR count). The third-order valence-electron chi connectivity index (χ3n) is 3.87. The van der Waals surface area contributed by atoms with Crippen molar-refractivity contribution in [3.63, 3.8) is 0 Å². The second kappa shape index (κ2) is 6.45. The van der Waals surface area contributed by atoms with Crippen molar-refractivity contribution in [2.75, 3.05) is 13.1 Å². The van der Waals surface area contributed by atoms with E-state index < -0.39 is 0 Å². The smallest absolute Gasteiger partial charge is 0.167 e. The first-order valence-electron chi connectivity index (χ1n) is 7.11. The normalized spacial score (nSPS) is 19.6. The van der Waals surface area contributed by atoms with Crippen molar-refractivity contribution in [3.8, 4) is 0 Å². The van der Waals surface area contributed by atoms with Crippen LogP contribution in [0.2, 0.25) is 0 Å². The van der Waals surface area contributed by atoms with E-state index in [2.05, 4.69) is 9.88 Å². The van der Waals surface area contributed by atoms with Gasteiger partial charge in [0, 0.05) is 30.0 Å². The van der Waals surface area contributed by atoms with Crippen LogP contribution in [0.1, 0.15) is 28.9 Å². The Labute approximate surface area is 127 Å². The number of aromatic nitrogens is 1. The number of hydrogen-bond acceptors (Lipinski definition) is 4. The van der Waals surface area contributed by atoms with Crippen molar-refractivity contribution in [1.29, 1.82) is 0 Å². The summed E-state index contributed by atoms with van der Waals surface area (Å²) >= 11 is 1.59. The molecule has 1 saturated heterocycles. The Hall–Kier alpha value is -1.59. The fourth-order valence-corrected chi connectivity index (χ4v) is 3.36. The van der Waals surface area contributed by atoms with Gasteiger partial charge in [-0.2, -0.15) is 0 Å². The summed E-state index contributed by atoms with van der Waals surface area (Å²) in [6.07, 6.45) is 1.92. The molecule has 1 aromatic carbocycles. The standard InChI is InChI=1S/C16H17FN2OS/c17-14-5-3-12(4-6-14)16(20)13-2-1-7-19(8-13)9-15-10-21-11-18-15/h3-6,10-11,13H,1-2,7-9H2. The van der Waals surface area contributed by atoms with E-state index in [-0.39, 0.29) is 17.5 Å². The average Bonchev–Trinajstić information content (AvgIpc) is 3.00. The van der Waals surface area contributed by atoms with Gasteiger partial charge in [0.2, 0.25) is 0 Å². The Morgan fingerprint density at radius 3 is 2.90 bits per heavy atom. The fraction of sp³-hybridized carbons (Fsp3) is 0.375. The molecule has 1 aliphatic heterocycles. The van der Waals surface area contributed by atoms with Crippen molar-refractivity contribution < 1.29 is 9.18 Å². The summed E-state index contributed by atoms with van der Waals surface area (Å²) in [6.45, 7) is 2.56. The molecule has 2 aromatic rings. The minimum absolute atomic E-state index is 0.00264. The van der Waals surface area contributed by atoms with Crippen LogP contribution in [-0.4, -0.2) is 28.8 Å². The van der Waals surface area contributed by atoms with Gasteiger partial charge < -0.3 is 0 Å². The molecular formula is C16H17FN2OS. The number of hydrogen-bond donors (Lipinski definition) is 0. The van der Waals surface area contributed by atoms with Crippen molar-refractivity contribution in [1.82, 2.24) is 9.88 Å². The molecule has 1 aromatic heterocycles. The minimum atomic E-state index is -0.305. The molecule has 1 unspecified atom stereocenters. The number of rotatable bonds is 4. The van der Waals surface area contributed by atoms with E-state index in [0.717, 1.165) is 38.2 Å². The Morgan fingerprint density at radius 2 is 2.19 bits per heavy atom. The molecule has 0 N–H and O–H groups in total. The molecule has 1 atom stereocenters. The van der Waals surface area contributed by atoms with E-state index in [1.54, 1.807) is 23.5 Å². The van der Waals surface area contributed by atoms with Gasteiger partial charge >= 0.3 is 0 Å². The maximum Gasteiger partial charge on any atom is 0.167 e. The molecule has 21 heavy (non-hydrogen) atoms. The summed E-state index contributed by atoms with van der Waals surface area (Å²) < 4.78 is 12.9. The van der Waals surface area contributed by atoms with E-state index in [9.17, 15) is 9.18 Å². The number of piperidine rings is 1. The van der Waals surface area contributed by atoms with Gasteiger partial charge in [-0.1, -0.05) is 0 Å². The van der Waals surface area contributed by atoms with Crippen LogP contribution in [0, 0.1) is 11.7 Å². The van der Waals surface area contributed by atoms with Crippen LogP contribution in [0.4, 0.5) is 4.39 Å². The first-order valence-corrected chi connectivity index (χ1v) is 8.06. The zero-order valence-electron chi connectivity index (χ0n) is 11.7. The number of carbonyl (C=O) groups excluding carboxylic acids is 1. The number of Topliss-reactive ketones (excluding diaryl/α,β-unsaturated/α-hetero) is 1. The van der Waals surface area contributed by atoms with Crippen LogP contribution in [0.25, 0.3) is 0 Å². The van der Waals surface area contributed by atoms with Crippen LogP contribution in [0.15, 0.2) is 35.2 Å². The number of halogens is 1. The van der Waals surface area contributed by atoms with Gasteiger partial charge in [0.25, 0.3) is 0 Å². The maximum absolute atomic E-state index is 12.9. The summed E-state index contributed by atoms with van der Waals surface area (Å²) in [5.41, 5.74) is 3.51. The number of ketones is 1. The van der Waals surface area contributed by atoms with Gasteiger partial charge in [-0.05, 0) is 43.7 Å². The molecule has 5 heteroatoms. The Kier molecular flexibility index (Phi) is 4.41. The molecule has 0 radical (unpaired) electrons. The zero-order chi connectivity index (χ0) is 14.7. The highest BCUT2D eigenvalue weighted by molar-refractivity contribution is 7.07. The lowest BCUT2D eigenvalue weighted by Crippen LogP contribution is -2.38. The molecule has 110 valence electrons. The summed E-state index contributed by atoms with van der Waals surface area (Å²) in [4.78, 5) is 19.1. The van der Waals surface area contributed by atoms with Crippen molar-refractivity contribution in [3.05, 3.63) is 52.2 Å². The van der Waals surface area contributed by atoms with Gasteiger partial charge in [0.15, 0.2) is 5.78 Å². The molecule has 0 amide bonds. The van der Waals surface area contributed by atoms with E-state index >= 15 is 0 Å². The number of nitrogens with zero attached hydrogens (tertiary/aromatic N) is 2. The topological polar surface area (TPSA) is 33.2 Å². The third kappa shape index (κ3) is 3.54. The summed E-state index contributed by atoms with van der Waals surface area (Å²) in [7, 11) is 0. The van der Waals surface area contributed by atoms with Gasteiger partial charge in [-0.15, -0.1) is 11.3 Å². The molecule has 2 heterocycles. The highest BCUT2D eigenvalue weighted by atomic mass is 32.1. The lowest BCUT2D eigenvalue weighted by Gasteiger charge is -2.31. The van der Waals surface area contributed by atoms with Gasteiger partial charge in [-0.25, -0.2) is 9.37 Å². The Balaban J connectivity index is 1.65. The molecule has 0 bridgehead atoms. The second-order valence-corrected chi connectivity index (χ2v) is 6.14. The largest absolute Gasteiger partial charge is 0.297 e. The lowest BCUT2D eigenvalue weighted by atomic mass is 9.90. The first kappa shape index (κ1) is 14.4. The quantitative estimate of drug-likeness (QED) is 0.812.